The molecule has 0 bridgehead atoms. The van der Waals surface area contributed by atoms with E-state index in [9.17, 15) is 0 Å². The lowest BCUT2D eigenvalue weighted by molar-refractivity contribution is 0.280. The Bertz CT molecular complexity index is 456. The largest absolute Gasteiger partial charge is 0.487 e. The zero-order valence-corrected chi connectivity index (χ0v) is 9.15. The van der Waals surface area contributed by atoms with Crippen molar-refractivity contribution in [2.45, 2.75) is 13.2 Å². The molecule has 0 saturated carbocycles. The molecule has 0 amide bonds. The summed E-state index contributed by atoms with van der Waals surface area (Å²) < 4.78 is 10.1. The molecule has 0 aliphatic carbocycles. The maximum atomic E-state index is 8.91. The lowest BCUT2D eigenvalue weighted by Gasteiger charge is -2.07. The molecule has 0 aliphatic heterocycles. The van der Waals surface area contributed by atoms with E-state index in [4.69, 9.17) is 21.4 Å². The Morgan fingerprint density at radius 1 is 1.38 bits per heavy atom. The molecule has 2 aromatic rings. The molecule has 0 spiro atoms. The van der Waals surface area contributed by atoms with Crippen molar-refractivity contribution in [2.75, 3.05) is 0 Å². The first-order valence-corrected chi connectivity index (χ1v) is 5.07. The topological polar surface area (TPSA) is 55.5 Å². The molecular weight excluding hydrogens is 230 g/mol. The molecule has 16 heavy (non-hydrogen) atoms. The summed E-state index contributed by atoms with van der Waals surface area (Å²) in [6.07, 6.45) is 3.09. The number of ether oxygens (including phenoxy) is 1. The highest BCUT2D eigenvalue weighted by Gasteiger charge is 2.04. The van der Waals surface area contributed by atoms with E-state index in [1.807, 2.05) is 0 Å². The molecule has 4 nitrogen and oxygen atoms in total. The third-order valence-corrected chi connectivity index (χ3v) is 2.35. The number of aromatic nitrogens is 1. The third kappa shape index (κ3) is 2.53. The van der Waals surface area contributed by atoms with Gasteiger partial charge in [-0.25, -0.2) is 0 Å². The number of aliphatic hydroxyl groups excluding tert-OH is 1. The Morgan fingerprint density at radius 3 is 2.88 bits per heavy atom. The van der Waals surface area contributed by atoms with Gasteiger partial charge in [0.05, 0.1) is 17.8 Å². The van der Waals surface area contributed by atoms with Crippen LogP contribution in [0.1, 0.15) is 11.1 Å². The minimum atomic E-state index is -0.0361. The molecule has 1 aromatic heterocycles. The number of halogens is 1. The Balaban J connectivity index is 2.04. The number of hydrogen-bond acceptors (Lipinski definition) is 4. The van der Waals surface area contributed by atoms with Gasteiger partial charge < -0.3 is 14.4 Å². The molecule has 1 aromatic carbocycles. The summed E-state index contributed by atoms with van der Waals surface area (Å²) >= 11 is 5.97. The van der Waals surface area contributed by atoms with Crippen molar-refractivity contribution in [1.29, 1.82) is 0 Å². The average molecular weight is 240 g/mol. The Kier molecular flexibility index (Phi) is 3.44. The second kappa shape index (κ2) is 5.01. The van der Waals surface area contributed by atoms with Crippen LogP contribution in [0.3, 0.4) is 0 Å². The summed E-state index contributed by atoms with van der Waals surface area (Å²) in [4.78, 5) is 0. The Morgan fingerprint density at radius 2 is 2.25 bits per heavy atom. The summed E-state index contributed by atoms with van der Waals surface area (Å²) in [6.45, 7) is 0.313. The minimum absolute atomic E-state index is 0.0361. The molecule has 84 valence electrons. The van der Waals surface area contributed by atoms with Gasteiger partial charge in [-0.2, -0.15) is 0 Å². The standard InChI is InChI=1S/C11H10ClNO3/c12-10-3-8(5-14)1-2-11(10)15-6-9-4-13-16-7-9/h1-4,7,14H,5-6H2. The summed E-state index contributed by atoms with van der Waals surface area (Å²) in [5.41, 5.74) is 1.59. The predicted octanol–water partition coefficient (Wildman–Crippen LogP) is 2.40. The summed E-state index contributed by atoms with van der Waals surface area (Å²) in [7, 11) is 0. The highest BCUT2D eigenvalue weighted by Crippen LogP contribution is 2.26. The zero-order valence-electron chi connectivity index (χ0n) is 8.39. The van der Waals surface area contributed by atoms with Gasteiger partial charge in [-0.15, -0.1) is 0 Å². The summed E-state index contributed by atoms with van der Waals surface area (Å²) in [5, 5.41) is 13.0. The first-order valence-electron chi connectivity index (χ1n) is 4.70. The van der Waals surface area contributed by atoms with Crippen molar-refractivity contribution in [2.24, 2.45) is 0 Å². The quantitative estimate of drug-likeness (QED) is 0.890. The second-order valence-electron chi connectivity index (χ2n) is 3.24. The van der Waals surface area contributed by atoms with Gasteiger partial charge in [0.25, 0.3) is 0 Å². The highest BCUT2D eigenvalue weighted by molar-refractivity contribution is 6.32. The molecule has 0 fully saturated rings. The smallest absolute Gasteiger partial charge is 0.138 e. The van der Waals surface area contributed by atoms with Crippen LogP contribution in [0.25, 0.3) is 0 Å². The Labute approximate surface area is 97.4 Å². The number of nitrogens with zero attached hydrogens (tertiary/aromatic N) is 1. The fourth-order valence-corrected chi connectivity index (χ4v) is 1.48. The number of rotatable bonds is 4. The maximum Gasteiger partial charge on any atom is 0.138 e. The summed E-state index contributed by atoms with van der Waals surface area (Å²) in [6, 6.07) is 5.15. The lowest BCUT2D eigenvalue weighted by Crippen LogP contribution is -1.95. The molecular formula is C11H10ClNO3. The van der Waals surface area contributed by atoms with E-state index >= 15 is 0 Å². The molecule has 0 unspecified atom stereocenters. The number of aliphatic hydroxyl groups is 1. The summed E-state index contributed by atoms with van der Waals surface area (Å²) in [5.74, 6) is 0.570. The van der Waals surface area contributed by atoms with Crippen molar-refractivity contribution in [3.8, 4) is 5.75 Å². The van der Waals surface area contributed by atoms with Gasteiger partial charge in [0, 0.05) is 5.56 Å². The van der Waals surface area contributed by atoms with Crippen LogP contribution in [0.4, 0.5) is 0 Å². The van der Waals surface area contributed by atoms with Crippen LogP contribution in [0.15, 0.2) is 35.2 Å². The van der Waals surface area contributed by atoms with E-state index in [0.29, 0.717) is 17.4 Å². The predicted molar refractivity (Wildman–Crippen MR) is 58.2 cm³/mol. The van der Waals surface area contributed by atoms with Gasteiger partial charge in [-0.3, -0.25) is 0 Å². The van der Waals surface area contributed by atoms with Gasteiger partial charge in [0.2, 0.25) is 0 Å². The SMILES string of the molecule is OCc1ccc(OCc2cnoc2)c(Cl)c1. The van der Waals surface area contributed by atoms with Crippen molar-refractivity contribution < 1.29 is 14.4 Å². The van der Waals surface area contributed by atoms with Crippen LogP contribution in [0.5, 0.6) is 5.75 Å². The fraction of sp³-hybridized carbons (Fsp3) is 0.182. The van der Waals surface area contributed by atoms with Crippen LogP contribution >= 0.6 is 11.6 Å². The molecule has 0 saturated heterocycles. The molecule has 1 heterocycles. The highest BCUT2D eigenvalue weighted by atomic mass is 35.5. The third-order valence-electron chi connectivity index (χ3n) is 2.06. The van der Waals surface area contributed by atoms with Crippen LogP contribution in [-0.4, -0.2) is 10.3 Å². The van der Waals surface area contributed by atoms with Gasteiger partial charge in [0.15, 0.2) is 0 Å². The normalized spacial score (nSPS) is 10.4. The molecule has 0 atom stereocenters. The fourth-order valence-electron chi connectivity index (χ4n) is 1.22. The first kappa shape index (κ1) is 11.0. The van der Waals surface area contributed by atoms with Crippen LogP contribution in [0, 0.1) is 0 Å². The van der Waals surface area contributed by atoms with E-state index in [1.165, 1.54) is 6.26 Å². The lowest BCUT2D eigenvalue weighted by atomic mass is 10.2. The monoisotopic (exact) mass is 239 g/mol. The molecule has 1 N–H and O–H groups in total. The van der Waals surface area contributed by atoms with Gasteiger partial charge in [0.1, 0.15) is 18.6 Å². The number of hydrogen-bond donors (Lipinski definition) is 1. The van der Waals surface area contributed by atoms with Crippen LogP contribution < -0.4 is 4.74 Å². The molecule has 5 heteroatoms. The Hall–Kier alpha value is -1.52. The van der Waals surface area contributed by atoms with E-state index < -0.39 is 0 Å². The maximum absolute atomic E-state index is 8.91. The van der Waals surface area contributed by atoms with Crippen molar-refractivity contribution in [3.05, 3.63) is 46.8 Å². The van der Waals surface area contributed by atoms with Gasteiger partial charge in [-0.1, -0.05) is 22.8 Å². The molecule has 0 radical (unpaired) electrons. The van der Waals surface area contributed by atoms with E-state index in [1.54, 1.807) is 24.4 Å². The van der Waals surface area contributed by atoms with Gasteiger partial charge >= 0.3 is 0 Å². The van der Waals surface area contributed by atoms with E-state index in [0.717, 1.165) is 11.1 Å². The minimum Gasteiger partial charge on any atom is -0.487 e. The van der Waals surface area contributed by atoms with Crippen molar-refractivity contribution in [3.63, 3.8) is 0 Å². The van der Waals surface area contributed by atoms with Crippen LogP contribution in [-0.2, 0) is 13.2 Å². The van der Waals surface area contributed by atoms with Gasteiger partial charge in [-0.05, 0) is 17.7 Å². The second-order valence-corrected chi connectivity index (χ2v) is 3.65. The molecule has 0 aliphatic rings. The molecule has 2 rings (SSSR count). The first-order chi connectivity index (χ1) is 7.79. The van der Waals surface area contributed by atoms with E-state index in [-0.39, 0.29) is 6.61 Å². The van der Waals surface area contributed by atoms with Crippen molar-refractivity contribution in [1.82, 2.24) is 5.16 Å². The van der Waals surface area contributed by atoms with E-state index in [2.05, 4.69) is 9.68 Å². The van der Waals surface area contributed by atoms with Crippen molar-refractivity contribution >= 4 is 11.6 Å². The average Bonchev–Trinajstić information content (AvgIpc) is 2.80. The zero-order chi connectivity index (χ0) is 11.4. The van der Waals surface area contributed by atoms with Crippen LogP contribution in [0.2, 0.25) is 5.02 Å². The number of benzene rings is 1.